The van der Waals surface area contributed by atoms with Gasteiger partial charge in [-0.3, -0.25) is 4.99 Å². The lowest BCUT2D eigenvalue weighted by atomic mass is 9.97. The van der Waals surface area contributed by atoms with E-state index in [1.165, 1.54) is 11.1 Å². The van der Waals surface area contributed by atoms with Gasteiger partial charge in [-0.1, -0.05) is 31.2 Å². The highest BCUT2D eigenvalue weighted by molar-refractivity contribution is 6.02. The zero-order valence-electron chi connectivity index (χ0n) is 20.7. The fraction of sp³-hybridized carbons (Fsp3) is 0.296. The fourth-order valence-corrected chi connectivity index (χ4v) is 5.01. The molecule has 3 aromatic heterocycles. The highest BCUT2D eigenvalue weighted by atomic mass is 15.7. The first-order valence-corrected chi connectivity index (χ1v) is 12.4. The van der Waals surface area contributed by atoms with Crippen LogP contribution in [-0.4, -0.2) is 47.6 Å². The standard InChI is InChI=1S/C27H27N9/c1-4-25-30-26-17(2)14-18(3)29-27(26)35(25)16-19-7-9-20(10-8-19)22-15-21(23-6-5-13-28-23)11-12-24(22)36-33-31-32-34-36/h7-12,14-15H,4-6,13,16H2,1-3H3/p+1. The molecule has 6 rings (SSSR count). The molecule has 0 saturated carbocycles. The third kappa shape index (κ3) is 3.96. The molecule has 36 heavy (non-hydrogen) atoms. The van der Waals surface area contributed by atoms with E-state index in [0.29, 0.717) is 0 Å². The monoisotopic (exact) mass is 478 g/mol. The molecular weight excluding hydrogens is 450 g/mol. The molecule has 0 amide bonds. The van der Waals surface area contributed by atoms with Crippen molar-refractivity contribution < 1.29 is 4.80 Å². The smallest absolute Gasteiger partial charge is 0.231 e. The minimum absolute atomic E-state index is 0.723. The number of fused-ring (bicyclic) bond motifs is 1. The van der Waals surface area contributed by atoms with Gasteiger partial charge in [-0.15, -0.1) is 0 Å². The summed E-state index contributed by atoms with van der Waals surface area (Å²) in [6.07, 6.45) is 2.98. The first kappa shape index (κ1) is 22.2. The predicted octanol–water partition coefficient (Wildman–Crippen LogP) is 3.70. The van der Waals surface area contributed by atoms with E-state index >= 15 is 0 Å². The summed E-state index contributed by atoms with van der Waals surface area (Å²) in [7, 11) is 0. The van der Waals surface area contributed by atoms with Crippen LogP contribution in [0.25, 0.3) is 28.0 Å². The van der Waals surface area contributed by atoms with Crippen LogP contribution in [0, 0.1) is 13.8 Å². The molecule has 1 aliphatic rings. The van der Waals surface area contributed by atoms with Gasteiger partial charge in [0.1, 0.15) is 16.6 Å². The molecule has 0 bridgehead atoms. The maximum absolute atomic E-state index is 4.88. The van der Waals surface area contributed by atoms with Crippen molar-refractivity contribution in [1.82, 2.24) is 35.4 Å². The van der Waals surface area contributed by atoms with Gasteiger partial charge in [-0.25, -0.2) is 9.97 Å². The van der Waals surface area contributed by atoms with E-state index in [4.69, 9.17) is 9.97 Å². The molecule has 9 heteroatoms. The fourth-order valence-electron chi connectivity index (χ4n) is 5.01. The summed E-state index contributed by atoms with van der Waals surface area (Å²) in [6, 6.07) is 17.1. The molecule has 0 aliphatic carbocycles. The quantitative estimate of drug-likeness (QED) is 0.375. The number of aromatic nitrogens is 8. The highest BCUT2D eigenvalue weighted by Crippen LogP contribution is 2.28. The Balaban J connectivity index is 1.38. The third-order valence-corrected chi connectivity index (χ3v) is 6.77. The second kappa shape index (κ2) is 9.07. The molecule has 180 valence electrons. The summed E-state index contributed by atoms with van der Waals surface area (Å²) in [5, 5.41) is 14.4. The average molecular weight is 479 g/mol. The van der Waals surface area contributed by atoms with Gasteiger partial charge in [-0.2, -0.15) is 0 Å². The van der Waals surface area contributed by atoms with Gasteiger partial charge >= 0.3 is 0 Å². The number of imidazole rings is 1. The molecule has 1 N–H and O–H groups in total. The van der Waals surface area contributed by atoms with Crippen LogP contribution in [0.2, 0.25) is 0 Å². The lowest BCUT2D eigenvalue weighted by molar-refractivity contribution is -0.719. The summed E-state index contributed by atoms with van der Waals surface area (Å²) in [6.45, 7) is 7.91. The van der Waals surface area contributed by atoms with Gasteiger partial charge in [0.25, 0.3) is 0 Å². The lowest BCUT2D eigenvalue weighted by Gasteiger charge is -2.11. The number of nitrogens with zero attached hydrogens (tertiary/aromatic N) is 8. The summed E-state index contributed by atoms with van der Waals surface area (Å²) in [5.74, 6) is 1.05. The molecular formula is C27H28N9+. The first-order valence-electron chi connectivity index (χ1n) is 12.4. The van der Waals surface area contributed by atoms with Gasteiger partial charge in [0.15, 0.2) is 11.3 Å². The maximum atomic E-state index is 4.88. The number of pyridine rings is 1. The van der Waals surface area contributed by atoms with Crippen LogP contribution < -0.4 is 4.80 Å². The van der Waals surface area contributed by atoms with Crippen molar-refractivity contribution in [1.29, 1.82) is 0 Å². The Morgan fingerprint density at radius 1 is 1.00 bits per heavy atom. The molecule has 0 atom stereocenters. The number of nitrogens with one attached hydrogen (secondary N) is 1. The van der Waals surface area contributed by atoms with Gasteiger partial charge in [0, 0.05) is 29.9 Å². The van der Waals surface area contributed by atoms with Crippen LogP contribution in [0.15, 0.2) is 53.5 Å². The van der Waals surface area contributed by atoms with Crippen LogP contribution in [0.1, 0.15) is 48.0 Å². The number of benzene rings is 2. The number of rotatable bonds is 6. The zero-order chi connectivity index (χ0) is 24.6. The number of aryl methyl sites for hydroxylation is 3. The first-order chi connectivity index (χ1) is 17.6. The Hall–Kier alpha value is -4.27. The summed E-state index contributed by atoms with van der Waals surface area (Å²) < 4.78 is 2.24. The van der Waals surface area contributed by atoms with Crippen molar-refractivity contribution >= 4 is 16.9 Å². The van der Waals surface area contributed by atoms with Gasteiger partial charge in [-0.05, 0) is 83.2 Å². The Bertz CT molecular complexity index is 1580. The Kier molecular flexibility index (Phi) is 5.59. The number of hydrogen-bond acceptors (Lipinski definition) is 6. The molecule has 9 nitrogen and oxygen atoms in total. The molecule has 0 saturated heterocycles. The van der Waals surface area contributed by atoms with E-state index in [0.717, 1.165) is 83.1 Å². The van der Waals surface area contributed by atoms with Crippen LogP contribution >= 0.6 is 0 Å². The number of H-pyrrole nitrogens is 1. The van der Waals surface area contributed by atoms with Crippen molar-refractivity contribution in [2.75, 3.05) is 6.54 Å². The Labute approximate surface area is 208 Å². The second-order valence-electron chi connectivity index (χ2n) is 9.27. The summed E-state index contributed by atoms with van der Waals surface area (Å²) >= 11 is 0. The molecule has 4 heterocycles. The lowest BCUT2D eigenvalue weighted by Crippen LogP contribution is -2.37. The Morgan fingerprint density at radius 2 is 1.83 bits per heavy atom. The van der Waals surface area contributed by atoms with Crippen LogP contribution in [0.3, 0.4) is 0 Å². The van der Waals surface area contributed by atoms with Crippen LogP contribution in [-0.2, 0) is 13.0 Å². The second-order valence-corrected chi connectivity index (χ2v) is 9.27. The van der Waals surface area contributed by atoms with E-state index < -0.39 is 0 Å². The van der Waals surface area contributed by atoms with Crippen LogP contribution in [0.4, 0.5) is 0 Å². The van der Waals surface area contributed by atoms with Gasteiger partial charge in [0.2, 0.25) is 10.4 Å². The number of aromatic amines is 1. The molecule has 0 spiro atoms. The minimum Gasteiger partial charge on any atom is -0.308 e. The van der Waals surface area contributed by atoms with Crippen molar-refractivity contribution in [3.8, 4) is 16.8 Å². The van der Waals surface area contributed by atoms with Crippen molar-refractivity contribution in [3.05, 3.63) is 76.7 Å². The maximum Gasteiger partial charge on any atom is 0.231 e. The van der Waals surface area contributed by atoms with E-state index in [2.05, 4.69) is 86.7 Å². The molecule has 0 radical (unpaired) electrons. The normalized spacial score (nSPS) is 13.5. The highest BCUT2D eigenvalue weighted by Gasteiger charge is 2.18. The summed E-state index contributed by atoms with van der Waals surface area (Å²) in [4.78, 5) is 16.0. The number of hydrogen-bond donors (Lipinski definition) is 1. The van der Waals surface area contributed by atoms with Crippen molar-refractivity contribution in [2.45, 2.75) is 46.6 Å². The van der Waals surface area contributed by atoms with E-state index in [9.17, 15) is 0 Å². The number of aliphatic imine (C=N–C) groups is 1. The minimum atomic E-state index is 0.723. The SMILES string of the molecule is CCc1nc2c(C)cc(C)nc2n1Cc1ccc(-c2cc(C3=NCCC3)ccc2-[n+]2nnn[nH]2)cc1. The zero-order valence-corrected chi connectivity index (χ0v) is 20.7. The average Bonchev–Trinajstić information content (AvgIpc) is 3.66. The third-order valence-electron chi connectivity index (χ3n) is 6.77. The van der Waals surface area contributed by atoms with E-state index in [-0.39, 0.29) is 0 Å². The molecule has 0 fully saturated rings. The topological polar surface area (TPSA) is 101 Å². The predicted molar refractivity (Wildman–Crippen MR) is 137 cm³/mol. The van der Waals surface area contributed by atoms with Gasteiger partial charge < -0.3 is 4.57 Å². The molecule has 0 unspecified atom stereocenters. The van der Waals surface area contributed by atoms with Crippen molar-refractivity contribution in [3.63, 3.8) is 0 Å². The summed E-state index contributed by atoms with van der Waals surface area (Å²) in [5.41, 5.74) is 10.7. The largest absolute Gasteiger partial charge is 0.308 e. The van der Waals surface area contributed by atoms with E-state index in [1.807, 2.05) is 13.0 Å². The van der Waals surface area contributed by atoms with Crippen molar-refractivity contribution in [2.24, 2.45) is 4.99 Å². The molecule has 5 aromatic rings. The van der Waals surface area contributed by atoms with Crippen LogP contribution in [0.5, 0.6) is 0 Å². The Morgan fingerprint density at radius 3 is 2.56 bits per heavy atom. The van der Waals surface area contributed by atoms with E-state index in [1.54, 1.807) is 4.80 Å². The van der Waals surface area contributed by atoms with Gasteiger partial charge in [0.05, 0.1) is 6.54 Å². The molecule has 2 aromatic carbocycles. The molecule has 1 aliphatic heterocycles.